The van der Waals surface area contributed by atoms with Gasteiger partial charge in [-0.05, 0) is 29.7 Å². The molecule has 0 aliphatic carbocycles. The van der Waals surface area contributed by atoms with Crippen LogP contribution in [-0.4, -0.2) is 53.1 Å². The van der Waals surface area contributed by atoms with Gasteiger partial charge in [-0.1, -0.05) is 48.5 Å². The lowest BCUT2D eigenvalue weighted by molar-refractivity contribution is -0.139. The van der Waals surface area contributed by atoms with Gasteiger partial charge in [-0.25, -0.2) is 4.79 Å². The predicted octanol–water partition coefficient (Wildman–Crippen LogP) is 1.42. The number of nitrogens with one attached hydrogen (secondary N) is 3. The second kappa shape index (κ2) is 11.1. The molecule has 0 fully saturated rings. The van der Waals surface area contributed by atoms with Crippen molar-refractivity contribution in [2.45, 2.75) is 38.3 Å². The van der Waals surface area contributed by atoms with E-state index in [4.69, 9.17) is 16.0 Å². The fraction of sp³-hybridized carbons (Fsp3) is 0.292. The van der Waals surface area contributed by atoms with Gasteiger partial charge < -0.3 is 26.3 Å². The Morgan fingerprint density at radius 3 is 2.38 bits per heavy atom. The van der Waals surface area contributed by atoms with Crippen molar-refractivity contribution in [2.24, 2.45) is 10.9 Å². The first-order chi connectivity index (χ1) is 16.3. The monoisotopic (exact) mass is 465 g/mol. The zero-order chi connectivity index (χ0) is 24.7. The van der Waals surface area contributed by atoms with E-state index >= 15 is 0 Å². The van der Waals surface area contributed by atoms with Crippen LogP contribution in [0, 0.1) is 5.41 Å². The third kappa shape index (κ3) is 6.41. The molecule has 1 aliphatic rings. The summed E-state index contributed by atoms with van der Waals surface area (Å²) in [5.41, 5.74) is 8.92. The van der Waals surface area contributed by atoms with Crippen molar-refractivity contribution in [1.29, 1.82) is 5.41 Å². The molecule has 3 rings (SSSR count). The molecule has 6 N–H and O–H groups in total. The Morgan fingerprint density at radius 1 is 1.15 bits per heavy atom. The molecule has 2 aromatic rings. The highest BCUT2D eigenvalue weighted by atomic mass is 16.6. The van der Waals surface area contributed by atoms with Crippen molar-refractivity contribution in [3.63, 3.8) is 0 Å². The number of benzene rings is 2. The highest BCUT2D eigenvalue weighted by molar-refractivity contribution is 6.03. The molecular weight excluding hydrogens is 438 g/mol. The summed E-state index contributed by atoms with van der Waals surface area (Å²) in [6.45, 7) is 1.73. The van der Waals surface area contributed by atoms with E-state index in [1.54, 1.807) is 36.4 Å². The molecule has 0 saturated carbocycles. The number of carbonyl (C=O) groups is 3. The van der Waals surface area contributed by atoms with Gasteiger partial charge in [0.2, 0.25) is 5.91 Å². The van der Waals surface area contributed by atoms with Gasteiger partial charge in [-0.3, -0.25) is 15.0 Å². The summed E-state index contributed by atoms with van der Waals surface area (Å²) < 4.78 is 0. The molecule has 10 nitrogen and oxygen atoms in total. The quantitative estimate of drug-likeness (QED) is 0.263. The van der Waals surface area contributed by atoms with Crippen LogP contribution in [0.1, 0.15) is 46.8 Å². The van der Waals surface area contributed by atoms with Crippen molar-refractivity contribution in [1.82, 2.24) is 10.6 Å². The molecule has 0 saturated heterocycles. The average Bonchev–Trinajstić information content (AvgIpc) is 3.29. The summed E-state index contributed by atoms with van der Waals surface area (Å²) in [7, 11) is 0. The number of nitrogens with zero attached hydrogens (tertiary/aromatic N) is 1. The molecule has 1 heterocycles. The average molecular weight is 466 g/mol. The van der Waals surface area contributed by atoms with E-state index in [-0.39, 0.29) is 18.8 Å². The molecule has 178 valence electrons. The highest BCUT2D eigenvalue weighted by Crippen LogP contribution is 2.19. The first-order valence-corrected chi connectivity index (χ1v) is 10.8. The number of nitrogen functional groups attached to an aromatic ring is 1. The topological polar surface area (TPSA) is 167 Å². The zero-order valence-corrected chi connectivity index (χ0v) is 18.7. The van der Waals surface area contributed by atoms with E-state index in [9.17, 15) is 19.5 Å². The molecule has 2 aromatic carbocycles. The number of amides is 2. The minimum absolute atomic E-state index is 0.0166. The number of rotatable bonds is 10. The molecule has 1 aliphatic heterocycles. The fourth-order valence-electron chi connectivity index (χ4n) is 3.38. The van der Waals surface area contributed by atoms with E-state index in [0.29, 0.717) is 23.3 Å². The molecule has 2 atom stereocenters. The smallest absolute Gasteiger partial charge is 0.328 e. The zero-order valence-electron chi connectivity index (χ0n) is 18.7. The van der Waals surface area contributed by atoms with Gasteiger partial charge in [0.25, 0.3) is 5.91 Å². The van der Waals surface area contributed by atoms with Crippen LogP contribution < -0.4 is 16.4 Å². The summed E-state index contributed by atoms with van der Waals surface area (Å²) in [6, 6.07) is 12.6. The number of hydrogen-bond donors (Lipinski definition) is 5. The van der Waals surface area contributed by atoms with Crippen molar-refractivity contribution >= 4 is 29.3 Å². The minimum atomic E-state index is -1.28. The highest BCUT2D eigenvalue weighted by Gasteiger charge is 2.26. The summed E-state index contributed by atoms with van der Waals surface area (Å²) in [6.07, 6.45) is 0.726. The molecule has 34 heavy (non-hydrogen) atoms. The Bertz CT molecular complexity index is 1100. The SMILES string of the molecule is CCc1ccc(C(=O)N[C@@H](CNC(=O)CC2CC(c3ccc(C(=N)N)cc3)=NO2)C(=O)O)cc1. The molecular formula is C24H27N5O5. The van der Waals surface area contributed by atoms with Crippen LogP contribution in [0.3, 0.4) is 0 Å². The van der Waals surface area contributed by atoms with Crippen LogP contribution in [0.4, 0.5) is 0 Å². The maximum Gasteiger partial charge on any atom is 0.328 e. The maximum atomic E-state index is 12.4. The van der Waals surface area contributed by atoms with Crippen LogP contribution in [0.2, 0.25) is 0 Å². The molecule has 10 heteroatoms. The number of carboxylic acid groups (broad SMARTS) is 1. The molecule has 0 spiro atoms. The van der Waals surface area contributed by atoms with Gasteiger partial charge >= 0.3 is 5.97 Å². The van der Waals surface area contributed by atoms with Gasteiger partial charge in [-0.15, -0.1) is 0 Å². The number of carbonyl (C=O) groups excluding carboxylic acids is 2. The molecule has 0 bridgehead atoms. The van der Waals surface area contributed by atoms with Crippen LogP contribution in [0.15, 0.2) is 53.7 Å². The molecule has 1 unspecified atom stereocenters. The van der Waals surface area contributed by atoms with Gasteiger partial charge in [0.15, 0.2) is 0 Å². The Morgan fingerprint density at radius 2 is 1.79 bits per heavy atom. The van der Waals surface area contributed by atoms with Crippen molar-refractivity contribution < 1.29 is 24.3 Å². The maximum absolute atomic E-state index is 12.4. The number of aliphatic carboxylic acids is 1. The lowest BCUT2D eigenvalue weighted by atomic mass is 10.0. The number of hydrogen-bond acceptors (Lipinski definition) is 6. The van der Waals surface area contributed by atoms with E-state index in [0.717, 1.165) is 17.5 Å². The van der Waals surface area contributed by atoms with Crippen LogP contribution in [0.5, 0.6) is 0 Å². The molecule has 0 radical (unpaired) electrons. The Hall–Kier alpha value is -4.21. The summed E-state index contributed by atoms with van der Waals surface area (Å²) in [5.74, 6) is -2.23. The summed E-state index contributed by atoms with van der Waals surface area (Å²) in [5, 5.41) is 25.9. The normalized spacial score (nSPS) is 15.6. The molecule has 0 aromatic heterocycles. The Labute approximate surface area is 196 Å². The fourth-order valence-corrected chi connectivity index (χ4v) is 3.38. The number of amidine groups is 1. The number of aryl methyl sites for hydroxylation is 1. The first-order valence-electron chi connectivity index (χ1n) is 10.8. The lowest BCUT2D eigenvalue weighted by Crippen LogP contribution is -2.48. The van der Waals surface area contributed by atoms with Crippen molar-refractivity contribution in [3.05, 3.63) is 70.8 Å². The number of oxime groups is 1. The van der Waals surface area contributed by atoms with Gasteiger partial charge in [0, 0.05) is 24.1 Å². The van der Waals surface area contributed by atoms with E-state index in [2.05, 4.69) is 15.8 Å². The number of carboxylic acids is 1. The first kappa shape index (κ1) is 24.4. The Kier molecular flexibility index (Phi) is 7.96. The second-order valence-electron chi connectivity index (χ2n) is 7.88. The second-order valence-corrected chi connectivity index (χ2v) is 7.88. The van der Waals surface area contributed by atoms with Gasteiger partial charge in [0.05, 0.1) is 12.1 Å². The standard InChI is InChI=1S/C24H27N5O5/c1-2-14-3-5-17(6-4-14)23(31)28-20(24(32)33)13-27-21(30)12-18-11-19(29-34-18)15-7-9-16(10-8-15)22(25)26/h3-10,18,20H,2,11-13H2,1H3,(H3,25,26)(H,27,30)(H,28,31)(H,32,33)/t18?,20-/m0/s1. The third-order valence-electron chi connectivity index (χ3n) is 5.41. The summed E-state index contributed by atoms with van der Waals surface area (Å²) >= 11 is 0. The largest absolute Gasteiger partial charge is 0.480 e. The summed E-state index contributed by atoms with van der Waals surface area (Å²) in [4.78, 5) is 41.6. The van der Waals surface area contributed by atoms with Crippen LogP contribution in [-0.2, 0) is 20.8 Å². The van der Waals surface area contributed by atoms with Crippen LogP contribution >= 0.6 is 0 Å². The van der Waals surface area contributed by atoms with Gasteiger partial charge in [0.1, 0.15) is 18.0 Å². The Balaban J connectivity index is 1.47. The third-order valence-corrected chi connectivity index (χ3v) is 5.41. The van der Waals surface area contributed by atoms with Crippen LogP contribution in [0.25, 0.3) is 0 Å². The van der Waals surface area contributed by atoms with Gasteiger partial charge in [-0.2, -0.15) is 0 Å². The lowest BCUT2D eigenvalue weighted by Gasteiger charge is -2.16. The van der Waals surface area contributed by atoms with Crippen molar-refractivity contribution in [3.8, 4) is 0 Å². The van der Waals surface area contributed by atoms with E-state index < -0.39 is 29.9 Å². The minimum Gasteiger partial charge on any atom is -0.480 e. The van der Waals surface area contributed by atoms with E-state index in [1.165, 1.54) is 0 Å². The van der Waals surface area contributed by atoms with E-state index in [1.807, 2.05) is 19.1 Å². The van der Waals surface area contributed by atoms with Crippen molar-refractivity contribution in [2.75, 3.05) is 6.54 Å². The predicted molar refractivity (Wildman–Crippen MR) is 126 cm³/mol. The number of nitrogens with two attached hydrogens (primary N) is 1. The molecule has 2 amide bonds.